The van der Waals surface area contributed by atoms with E-state index >= 15 is 0 Å². The van der Waals surface area contributed by atoms with Crippen molar-refractivity contribution in [3.05, 3.63) is 72.3 Å². The van der Waals surface area contributed by atoms with Gasteiger partial charge in [-0.1, -0.05) is 35.9 Å². The molecule has 1 fully saturated rings. The number of aryl methyl sites for hydroxylation is 1. The first kappa shape index (κ1) is 16.7. The molecular formula is C19H21NO3S. The van der Waals surface area contributed by atoms with Crippen LogP contribution in [0.2, 0.25) is 0 Å². The van der Waals surface area contributed by atoms with Crippen LogP contribution in [-0.4, -0.2) is 31.9 Å². The van der Waals surface area contributed by atoms with Gasteiger partial charge in [-0.3, -0.25) is 0 Å². The number of methoxy groups -OCH3 is 1. The minimum absolute atomic E-state index is 0.0813. The van der Waals surface area contributed by atoms with Crippen LogP contribution in [0.5, 0.6) is 5.75 Å². The minimum atomic E-state index is -3.49. The van der Waals surface area contributed by atoms with Crippen LogP contribution in [0.15, 0.2) is 66.1 Å². The summed E-state index contributed by atoms with van der Waals surface area (Å²) in [7, 11) is -1.86. The fourth-order valence-electron chi connectivity index (χ4n) is 2.92. The first-order valence-corrected chi connectivity index (χ1v) is 9.27. The summed E-state index contributed by atoms with van der Waals surface area (Å²) < 4.78 is 32.4. The lowest BCUT2D eigenvalue weighted by Gasteiger charge is -2.07. The number of hydrogen-bond donors (Lipinski definition) is 0. The van der Waals surface area contributed by atoms with Gasteiger partial charge in [0.15, 0.2) is 0 Å². The second-order valence-corrected chi connectivity index (χ2v) is 7.84. The van der Waals surface area contributed by atoms with Crippen LogP contribution in [0.25, 0.3) is 0 Å². The first-order valence-electron chi connectivity index (χ1n) is 7.83. The van der Waals surface area contributed by atoms with E-state index in [0.29, 0.717) is 11.3 Å². The Kier molecular flexibility index (Phi) is 4.47. The van der Waals surface area contributed by atoms with E-state index < -0.39 is 10.0 Å². The maximum atomic E-state index is 12.8. The molecule has 126 valence electrons. The average Bonchev–Trinajstić information content (AvgIpc) is 3.29. The van der Waals surface area contributed by atoms with E-state index in [1.54, 1.807) is 25.3 Å². The zero-order valence-electron chi connectivity index (χ0n) is 13.8. The zero-order valence-corrected chi connectivity index (χ0v) is 14.7. The normalized spacial score (nSPS) is 22.8. The quantitative estimate of drug-likeness (QED) is 0.598. The Hall–Kier alpha value is -2.11. The van der Waals surface area contributed by atoms with E-state index in [0.717, 1.165) is 16.9 Å². The van der Waals surface area contributed by atoms with Gasteiger partial charge in [0.2, 0.25) is 10.0 Å². The molecule has 1 aliphatic heterocycles. The standard InChI is InChI=1S/C19H21NO3S/c1-4-18-19(13-15-7-9-16(23-3)10-8-15)20(18)24(21,22)17-11-5-14(2)6-12-17/h4-12,18-19H,1,13H2,2-3H3/t18-,19-,20?/m1/s1. The Morgan fingerprint density at radius 2 is 1.75 bits per heavy atom. The fourth-order valence-corrected chi connectivity index (χ4v) is 4.69. The molecule has 1 heterocycles. The molecule has 0 saturated carbocycles. The molecule has 0 bridgehead atoms. The summed E-state index contributed by atoms with van der Waals surface area (Å²) in [6, 6.07) is 14.4. The van der Waals surface area contributed by atoms with Crippen molar-refractivity contribution in [1.82, 2.24) is 4.31 Å². The molecule has 4 nitrogen and oxygen atoms in total. The Labute approximate surface area is 143 Å². The summed E-state index contributed by atoms with van der Waals surface area (Å²) in [5.74, 6) is 0.791. The number of benzene rings is 2. The van der Waals surface area contributed by atoms with Crippen LogP contribution in [0.4, 0.5) is 0 Å². The van der Waals surface area contributed by atoms with Crippen molar-refractivity contribution in [2.24, 2.45) is 0 Å². The lowest BCUT2D eigenvalue weighted by molar-refractivity contribution is 0.414. The lowest BCUT2D eigenvalue weighted by atomic mass is 10.1. The molecule has 0 radical (unpaired) electrons. The van der Waals surface area contributed by atoms with Crippen molar-refractivity contribution in [3.63, 3.8) is 0 Å². The minimum Gasteiger partial charge on any atom is -0.497 e. The van der Waals surface area contributed by atoms with Gasteiger partial charge in [-0.15, -0.1) is 6.58 Å². The number of rotatable bonds is 6. The highest BCUT2D eigenvalue weighted by atomic mass is 32.2. The van der Waals surface area contributed by atoms with Crippen molar-refractivity contribution in [2.75, 3.05) is 7.11 Å². The number of nitrogens with zero attached hydrogens (tertiary/aromatic N) is 1. The predicted molar refractivity (Wildman–Crippen MR) is 94.7 cm³/mol. The summed E-state index contributed by atoms with van der Waals surface area (Å²) >= 11 is 0. The molecule has 0 aromatic heterocycles. The van der Waals surface area contributed by atoms with Crippen LogP contribution >= 0.6 is 0 Å². The monoisotopic (exact) mass is 343 g/mol. The smallest absolute Gasteiger partial charge is 0.243 e. The van der Waals surface area contributed by atoms with Gasteiger partial charge in [0, 0.05) is 0 Å². The molecule has 24 heavy (non-hydrogen) atoms. The highest BCUT2D eigenvalue weighted by Crippen LogP contribution is 2.38. The SMILES string of the molecule is C=C[C@@H]1[C@@H](Cc2ccc(OC)cc2)N1S(=O)(=O)c1ccc(C)cc1. The van der Waals surface area contributed by atoms with Crippen molar-refractivity contribution >= 4 is 10.0 Å². The third kappa shape index (κ3) is 3.09. The van der Waals surface area contributed by atoms with Crippen LogP contribution in [-0.2, 0) is 16.4 Å². The molecule has 0 aliphatic carbocycles. The lowest BCUT2D eigenvalue weighted by Crippen LogP contribution is -2.16. The van der Waals surface area contributed by atoms with Gasteiger partial charge >= 0.3 is 0 Å². The number of sulfonamides is 1. The summed E-state index contributed by atoms with van der Waals surface area (Å²) in [4.78, 5) is 0.331. The molecule has 0 spiro atoms. The van der Waals surface area contributed by atoms with E-state index in [-0.39, 0.29) is 12.1 Å². The van der Waals surface area contributed by atoms with E-state index in [2.05, 4.69) is 6.58 Å². The van der Waals surface area contributed by atoms with Gasteiger partial charge in [0.1, 0.15) is 5.75 Å². The number of hydrogen-bond acceptors (Lipinski definition) is 3. The maximum Gasteiger partial charge on any atom is 0.243 e. The third-order valence-corrected chi connectivity index (χ3v) is 6.30. The van der Waals surface area contributed by atoms with Crippen molar-refractivity contribution < 1.29 is 13.2 Å². The van der Waals surface area contributed by atoms with E-state index in [4.69, 9.17) is 4.74 Å². The molecule has 0 N–H and O–H groups in total. The van der Waals surface area contributed by atoms with Crippen molar-refractivity contribution in [3.8, 4) is 5.75 Å². The van der Waals surface area contributed by atoms with Crippen LogP contribution < -0.4 is 4.74 Å². The molecule has 2 aromatic rings. The molecule has 3 rings (SSSR count). The molecule has 5 heteroatoms. The summed E-state index contributed by atoms with van der Waals surface area (Å²) in [5, 5.41) is 0. The summed E-state index contributed by atoms with van der Waals surface area (Å²) in [6.07, 6.45) is 2.37. The van der Waals surface area contributed by atoms with Gasteiger partial charge in [-0.2, -0.15) is 4.31 Å². The second-order valence-electron chi connectivity index (χ2n) is 5.99. The van der Waals surface area contributed by atoms with Gasteiger partial charge in [0.05, 0.1) is 24.1 Å². The van der Waals surface area contributed by atoms with E-state index in [1.807, 2.05) is 43.3 Å². The van der Waals surface area contributed by atoms with E-state index in [1.165, 1.54) is 4.31 Å². The molecule has 0 amide bonds. The first-order chi connectivity index (χ1) is 11.5. The van der Waals surface area contributed by atoms with Crippen molar-refractivity contribution in [2.45, 2.75) is 30.3 Å². The Bertz CT molecular complexity index is 826. The molecular weight excluding hydrogens is 322 g/mol. The van der Waals surface area contributed by atoms with Crippen LogP contribution in [0.1, 0.15) is 11.1 Å². The largest absolute Gasteiger partial charge is 0.497 e. The predicted octanol–water partition coefficient (Wildman–Crippen LogP) is 3.17. The Balaban J connectivity index is 1.80. The van der Waals surface area contributed by atoms with Crippen LogP contribution in [0.3, 0.4) is 0 Å². The molecule has 3 atom stereocenters. The van der Waals surface area contributed by atoms with Gasteiger partial charge < -0.3 is 4.74 Å². The topological polar surface area (TPSA) is 46.4 Å². The van der Waals surface area contributed by atoms with Crippen LogP contribution in [0, 0.1) is 6.92 Å². The third-order valence-electron chi connectivity index (χ3n) is 4.37. The Morgan fingerprint density at radius 3 is 2.29 bits per heavy atom. The number of ether oxygens (including phenoxy) is 1. The zero-order chi connectivity index (χ0) is 17.3. The summed E-state index contributed by atoms with van der Waals surface area (Å²) in [5.41, 5.74) is 2.11. The van der Waals surface area contributed by atoms with E-state index in [9.17, 15) is 8.42 Å². The van der Waals surface area contributed by atoms with Crippen molar-refractivity contribution in [1.29, 1.82) is 0 Å². The Morgan fingerprint density at radius 1 is 1.12 bits per heavy atom. The van der Waals surface area contributed by atoms with Gasteiger partial charge in [-0.25, -0.2) is 8.42 Å². The summed E-state index contributed by atoms with van der Waals surface area (Å²) in [6.45, 7) is 5.72. The highest BCUT2D eigenvalue weighted by molar-refractivity contribution is 7.89. The maximum absolute atomic E-state index is 12.8. The fraction of sp³-hybridized carbons (Fsp3) is 0.263. The van der Waals surface area contributed by atoms with Gasteiger partial charge in [-0.05, 0) is 43.2 Å². The highest BCUT2D eigenvalue weighted by Gasteiger charge is 2.53. The average molecular weight is 343 g/mol. The molecule has 1 saturated heterocycles. The molecule has 1 aliphatic rings. The van der Waals surface area contributed by atoms with Gasteiger partial charge in [0.25, 0.3) is 0 Å². The molecule has 2 aromatic carbocycles. The second kappa shape index (κ2) is 6.42. The molecule has 1 unspecified atom stereocenters.